The minimum atomic E-state index is -3.93. The molecule has 0 saturated carbocycles. The molecule has 2 aliphatic rings. The van der Waals surface area contributed by atoms with Gasteiger partial charge in [0.1, 0.15) is 12.1 Å². The van der Waals surface area contributed by atoms with Gasteiger partial charge in [-0.1, -0.05) is 54.1 Å². The first kappa shape index (κ1) is 25.7. The van der Waals surface area contributed by atoms with Crippen molar-refractivity contribution in [2.75, 3.05) is 19.6 Å². The number of sulfonamides is 1. The Hall–Kier alpha value is -2.94. The molecule has 37 heavy (non-hydrogen) atoms. The van der Waals surface area contributed by atoms with Gasteiger partial charge in [-0.25, -0.2) is 8.42 Å². The monoisotopic (exact) mass is 539 g/mol. The van der Waals surface area contributed by atoms with E-state index >= 15 is 0 Å². The van der Waals surface area contributed by atoms with E-state index in [9.17, 15) is 18.0 Å². The lowest BCUT2D eigenvalue weighted by Gasteiger charge is -2.35. The molecule has 2 atom stereocenters. The number of carbonyl (C=O) groups is 2. The summed E-state index contributed by atoms with van der Waals surface area (Å²) in [6.45, 7) is 3.35. The largest absolute Gasteiger partial charge is 0.341 e. The summed E-state index contributed by atoms with van der Waals surface area (Å²) in [5.74, 6) is -0.0208. The first-order valence-corrected chi connectivity index (χ1v) is 14.4. The van der Waals surface area contributed by atoms with Crippen LogP contribution in [0.25, 0.3) is 10.8 Å². The molecule has 3 aromatic rings. The van der Waals surface area contributed by atoms with Gasteiger partial charge in [-0.3, -0.25) is 9.59 Å². The number of rotatable bonds is 6. The van der Waals surface area contributed by atoms with Crippen LogP contribution in [0.3, 0.4) is 0 Å². The molecule has 0 bridgehead atoms. The van der Waals surface area contributed by atoms with E-state index in [1.165, 1.54) is 16.5 Å². The number of halogens is 1. The van der Waals surface area contributed by atoms with Crippen LogP contribution >= 0.6 is 11.6 Å². The average molecular weight is 540 g/mol. The van der Waals surface area contributed by atoms with E-state index in [0.717, 1.165) is 23.6 Å². The second kappa shape index (κ2) is 10.4. The van der Waals surface area contributed by atoms with Gasteiger partial charge in [0.25, 0.3) is 0 Å². The second-order valence-corrected chi connectivity index (χ2v) is 12.0. The SMILES string of the molecule is C[C@@H](C(=O)N1CCC(c2ccccc2)CC1)N1CCC(NS(=O)(=O)c2ccc3cc(Cl)ccc3c2)C1=O. The lowest BCUT2D eigenvalue weighted by atomic mass is 9.89. The summed E-state index contributed by atoms with van der Waals surface area (Å²) in [6.07, 6.45) is 2.09. The zero-order valence-electron chi connectivity index (χ0n) is 20.6. The standard InChI is InChI=1S/C28H30ClN3O4S/c1-19(27(33)31-14-11-21(12-15-31)20-5-3-2-4-6-20)32-16-13-26(28(32)34)30-37(35,36)25-10-8-22-17-24(29)9-7-23(22)18-25/h2-10,17-19,21,26,30H,11-16H2,1H3/t19-,26?/m0/s1. The van der Waals surface area contributed by atoms with Gasteiger partial charge in [0.05, 0.1) is 4.90 Å². The molecule has 2 aliphatic heterocycles. The van der Waals surface area contributed by atoms with Crippen LogP contribution in [-0.2, 0) is 19.6 Å². The molecule has 2 fully saturated rings. The van der Waals surface area contributed by atoms with E-state index in [1.54, 1.807) is 37.3 Å². The maximum absolute atomic E-state index is 13.2. The predicted octanol–water partition coefficient (Wildman–Crippen LogP) is 4.17. The summed E-state index contributed by atoms with van der Waals surface area (Å²) in [5.41, 5.74) is 1.29. The van der Waals surface area contributed by atoms with E-state index in [-0.39, 0.29) is 16.7 Å². The Morgan fingerprint density at radius 3 is 2.35 bits per heavy atom. The molecule has 0 aliphatic carbocycles. The minimum Gasteiger partial charge on any atom is -0.341 e. The van der Waals surface area contributed by atoms with E-state index in [4.69, 9.17) is 11.6 Å². The highest BCUT2D eigenvalue weighted by Gasteiger charge is 2.40. The summed E-state index contributed by atoms with van der Waals surface area (Å²) >= 11 is 6.02. The van der Waals surface area contributed by atoms with Gasteiger partial charge < -0.3 is 9.80 Å². The van der Waals surface area contributed by atoms with Crippen molar-refractivity contribution in [3.63, 3.8) is 0 Å². The number of piperidine rings is 1. The number of nitrogens with one attached hydrogen (secondary N) is 1. The van der Waals surface area contributed by atoms with Crippen LogP contribution in [0.4, 0.5) is 0 Å². The number of benzene rings is 3. The number of nitrogens with zero attached hydrogens (tertiary/aromatic N) is 2. The molecule has 5 rings (SSSR count). The van der Waals surface area contributed by atoms with Crippen LogP contribution in [0.1, 0.15) is 37.7 Å². The van der Waals surface area contributed by atoms with Gasteiger partial charge in [-0.05, 0) is 72.7 Å². The molecule has 2 heterocycles. The predicted molar refractivity (Wildman–Crippen MR) is 144 cm³/mol. The molecule has 7 nitrogen and oxygen atoms in total. The summed E-state index contributed by atoms with van der Waals surface area (Å²) in [6, 6.07) is 18.8. The third-order valence-electron chi connectivity index (χ3n) is 7.52. The van der Waals surface area contributed by atoms with Crippen molar-refractivity contribution in [1.29, 1.82) is 0 Å². The molecule has 3 aromatic carbocycles. The zero-order valence-corrected chi connectivity index (χ0v) is 22.2. The lowest BCUT2D eigenvalue weighted by molar-refractivity contribution is -0.144. The minimum absolute atomic E-state index is 0.0824. The first-order chi connectivity index (χ1) is 17.7. The van der Waals surface area contributed by atoms with Crippen molar-refractivity contribution < 1.29 is 18.0 Å². The first-order valence-electron chi connectivity index (χ1n) is 12.6. The van der Waals surface area contributed by atoms with Crippen molar-refractivity contribution in [3.05, 3.63) is 77.3 Å². The Morgan fingerprint density at radius 1 is 0.946 bits per heavy atom. The fraction of sp³-hybridized carbons (Fsp3) is 0.357. The normalized spacial score (nSPS) is 19.9. The Balaban J connectivity index is 1.21. The number of carbonyl (C=O) groups excluding carboxylic acids is 2. The molecule has 194 valence electrons. The molecule has 2 saturated heterocycles. The smallest absolute Gasteiger partial charge is 0.245 e. The Labute approximate surface area is 222 Å². The van der Waals surface area contributed by atoms with Gasteiger partial charge in [0, 0.05) is 24.7 Å². The van der Waals surface area contributed by atoms with Gasteiger partial charge in [0.15, 0.2) is 0 Å². The molecule has 2 amide bonds. The molecular formula is C28H30ClN3O4S. The van der Waals surface area contributed by atoms with Gasteiger partial charge in [-0.15, -0.1) is 0 Å². The van der Waals surface area contributed by atoms with Gasteiger partial charge in [-0.2, -0.15) is 4.72 Å². The number of hydrogen-bond acceptors (Lipinski definition) is 4. The van der Waals surface area contributed by atoms with E-state index in [0.29, 0.717) is 37.0 Å². The van der Waals surface area contributed by atoms with Crippen molar-refractivity contribution in [2.24, 2.45) is 0 Å². The summed E-state index contributed by atoms with van der Waals surface area (Å²) in [4.78, 5) is 29.8. The van der Waals surface area contributed by atoms with Crippen molar-refractivity contribution >= 4 is 44.2 Å². The van der Waals surface area contributed by atoms with Crippen LogP contribution in [0.15, 0.2) is 71.6 Å². The maximum Gasteiger partial charge on any atom is 0.245 e. The lowest BCUT2D eigenvalue weighted by Crippen LogP contribution is -2.51. The van der Waals surface area contributed by atoms with Crippen LogP contribution < -0.4 is 4.72 Å². The fourth-order valence-corrected chi connectivity index (χ4v) is 6.81. The Kier molecular flexibility index (Phi) is 7.25. The van der Waals surface area contributed by atoms with E-state index < -0.39 is 22.1 Å². The number of amides is 2. The molecular weight excluding hydrogens is 510 g/mol. The topological polar surface area (TPSA) is 86.8 Å². The summed E-state index contributed by atoms with van der Waals surface area (Å²) < 4.78 is 28.7. The Morgan fingerprint density at radius 2 is 1.62 bits per heavy atom. The highest BCUT2D eigenvalue weighted by Crippen LogP contribution is 2.29. The molecule has 0 aromatic heterocycles. The van der Waals surface area contributed by atoms with Crippen molar-refractivity contribution in [2.45, 2.75) is 49.1 Å². The molecule has 0 radical (unpaired) electrons. The van der Waals surface area contributed by atoms with Crippen molar-refractivity contribution in [3.8, 4) is 0 Å². The number of fused-ring (bicyclic) bond motifs is 1. The van der Waals surface area contributed by atoms with Crippen LogP contribution in [-0.4, -0.2) is 61.7 Å². The van der Waals surface area contributed by atoms with E-state index in [1.807, 2.05) is 23.1 Å². The molecule has 9 heteroatoms. The van der Waals surface area contributed by atoms with E-state index in [2.05, 4.69) is 16.9 Å². The molecule has 1 N–H and O–H groups in total. The molecule has 1 unspecified atom stereocenters. The quantitative estimate of drug-likeness (QED) is 0.509. The average Bonchev–Trinajstić information content (AvgIpc) is 3.27. The van der Waals surface area contributed by atoms with Gasteiger partial charge in [0.2, 0.25) is 21.8 Å². The third-order valence-corrected chi connectivity index (χ3v) is 9.23. The van der Waals surface area contributed by atoms with Crippen molar-refractivity contribution in [1.82, 2.24) is 14.5 Å². The third kappa shape index (κ3) is 5.37. The highest BCUT2D eigenvalue weighted by molar-refractivity contribution is 7.89. The summed E-state index contributed by atoms with van der Waals surface area (Å²) in [7, 11) is -3.93. The van der Waals surface area contributed by atoms with Crippen LogP contribution in [0, 0.1) is 0 Å². The molecule has 0 spiro atoms. The number of hydrogen-bond donors (Lipinski definition) is 1. The Bertz CT molecular complexity index is 1420. The van der Waals surface area contributed by atoms with Gasteiger partial charge >= 0.3 is 0 Å². The second-order valence-electron chi connectivity index (χ2n) is 9.83. The van der Waals surface area contributed by atoms with Crippen LogP contribution in [0.5, 0.6) is 0 Å². The number of likely N-dealkylation sites (tertiary alicyclic amines) is 2. The fourth-order valence-electron chi connectivity index (χ4n) is 5.37. The zero-order chi connectivity index (χ0) is 26.2. The van der Waals surface area contributed by atoms with Crippen LogP contribution in [0.2, 0.25) is 5.02 Å². The highest BCUT2D eigenvalue weighted by atomic mass is 35.5. The summed E-state index contributed by atoms with van der Waals surface area (Å²) in [5, 5.41) is 2.14. The maximum atomic E-state index is 13.2.